The van der Waals surface area contributed by atoms with Crippen LogP contribution in [0.15, 0.2) is 24.3 Å². The van der Waals surface area contributed by atoms with Crippen LogP contribution in [-0.4, -0.2) is 19.1 Å². The summed E-state index contributed by atoms with van der Waals surface area (Å²) in [5.41, 5.74) is 0.589. The maximum absolute atomic E-state index is 12.3. The summed E-state index contributed by atoms with van der Waals surface area (Å²) in [6.07, 6.45) is 0. The highest BCUT2D eigenvalue weighted by Gasteiger charge is 2.21. The fraction of sp³-hybridized carbons (Fsp3) is 0.533. The first-order chi connectivity index (χ1) is 8.47. The summed E-state index contributed by atoms with van der Waals surface area (Å²) in [7, 11) is 1.58. The summed E-state index contributed by atoms with van der Waals surface area (Å²) in [6, 6.07) is 7.46. The third-order valence-corrected chi connectivity index (χ3v) is 3.09. The van der Waals surface area contributed by atoms with E-state index in [0.29, 0.717) is 23.1 Å². The molecule has 1 rings (SSSR count). The van der Waals surface area contributed by atoms with Gasteiger partial charge < -0.3 is 10.1 Å². The van der Waals surface area contributed by atoms with Crippen molar-refractivity contribution in [3.8, 4) is 5.75 Å². The molecule has 18 heavy (non-hydrogen) atoms. The zero-order chi connectivity index (χ0) is 13.7. The minimum absolute atomic E-state index is 0.0696. The molecule has 0 unspecified atom stereocenters. The molecule has 1 aromatic carbocycles. The molecule has 1 aromatic rings. The number of para-hydroxylation sites is 1. The Morgan fingerprint density at radius 2 is 1.67 bits per heavy atom. The van der Waals surface area contributed by atoms with Gasteiger partial charge in [0.25, 0.3) is 5.91 Å². The van der Waals surface area contributed by atoms with Crippen molar-refractivity contribution in [2.75, 3.05) is 7.11 Å². The van der Waals surface area contributed by atoms with Gasteiger partial charge in [0.15, 0.2) is 0 Å². The van der Waals surface area contributed by atoms with Crippen molar-refractivity contribution in [2.24, 2.45) is 11.8 Å². The van der Waals surface area contributed by atoms with Gasteiger partial charge in [0, 0.05) is 6.04 Å². The minimum Gasteiger partial charge on any atom is -0.496 e. The van der Waals surface area contributed by atoms with Gasteiger partial charge in [-0.1, -0.05) is 39.8 Å². The van der Waals surface area contributed by atoms with E-state index in [4.69, 9.17) is 4.74 Å². The fourth-order valence-corrected chi connectivity index (χ4v) is 2.16. The molecule has 1 amide bonds. The van der Waals surface area contributed by atoms with Crippen LogP contribution in [0, 0.1) is 11.8 Å². The van der Waals surface area contributed by atoms with Crippen molar-refractivity contribution in [1.82, 2.24) is 5.32 Å². The third kappa shape index (κ3) is 3.49. The number of carbonyl (C=O) groups excluding carboxylic acids is 1. The Kier molecular flexibility index (Phi) is 5.20. The highest BCUT2D eigenvalue weighted by atomic mass is 16.5. The monoisotopic (exact) mass is 249 g/mol. The zero-order valence-electron chi connectivity index (χ0n) is 11.9. The Labute approximate surface area is 110 Å². The van der Waals surface area contributed by atoms with E-state index in [9.17, 15) is 4.79 Å². The van der Waals surface area contributed by atoms with Gasteiger partial charge in [0.2, 0.25) is 0 Å². The molecule has 0 fully saturated rings. The largest absolute Gasteiger partial charge is 0.496 e. The smallest absolute Gasteiger partial charge is 0.255 e. The molecule has 0 saturated heterocycles. The summed E-state index contributed by atoms with van der Waals surface area (Å²) in [5.74, 6) is 1.36. The van der Waals surface area contributed by atoms with Gasteiger partial charge in [0.1, 0.15) is 5.75 Å². The predicted molar refractivity (Wildman–Crippen MR) is 73.9 cm³/mol. The summed E-state index contributed by atoms with van der Waals surface area (Å²) in [6.45, 7) is 8.47. The van der Waals surface area contributed by atoms with E-state index in [2.05, 4.69) is 33.0 Å². The third-order valence-electron chi connectivity index (χ3n) is 3.09. The lowest BCUT2D eigenvalue weighted by Gasteiger charge is -2.26. The number of benzene rings is 1. The molecule has 3 nitrogen and oxygen atoms in total. The molecule has 0 bridgehead atoms. The Balaban J connectivity index is 2.87. The molecule has 0 radical (unpaired) electrons. The molecule has 0 aliphatic rings. The molecular formula is C15H23NO2. The van der Waals surface area contributed by atoms with Crippen LogP contribution in [0.3, 0.4) is 0 Å². The summed E-state index contributed by atoms with van der Waals surface area (Å²) in [4.78, 5) is 12.3. The van der Waals surface area contributed by atoms with E-state index in [0.717, 1.165) is 0 Å². The normalized spacial score (nSPS) is 11.1. The SMILES string of the molecule is COc1ccccc1C(=O)NC(C(C)C)C(C)C. The average molecular weight is 249 g/mol. The number of ether oxygens (including phenoxy) is 1. The van der Waals surface area contributed by atoms with Crippen molar-refractivity contribution < 1.29 is 9.53 Å². The molecular weight excluding hydrogens is 226 g/mol. The van der Waals surface area contributed by atoms with Crippen LogP contribution in [-0.2, 0) is 0 Å². The van der Waals surface area contributed by atoms with Crippen molar-refractivity contribution in [3.05, 3.63) is 29.8 Å². The Morgan fingerprint density at radius 1 is 1.11 bits per heavy atom. The van der Waals surface area contributed by atoms with E-state index >= 15 is 0 Å². The molecule has 0 aliphatic heterocycles. The fourth-order valence-electron chi connectivity index (χ4n) is 2.16. The van der Waals surface area contributed by atoms with Gasteiger partial charge in [-0.15, -0.1) is 0 Å². The molecule has 0 saturated carbocycles. The predicted octanol–water partition coefficient (Wildman–Crippen LogP) is 3.11. The number of amides is 1. The Bertz CT molecular complexity index is 391. The molecule has 0 heterocycles. The van der Waals surface area contributed by atoms with Crippen molar-refractivity contribution in [2.45, 2.75) is 33.7 Å². The molecule has 100 valence electrons. The Morgan fingerprint density at radius 3 is 2.17 bits per heavy atom. The number of carbonyl (C=O) groups is 1. The van der Waals surface area contributed by atoms with Crippen LogP contribution < -0.4 is 10.1 Å². The topological polar surface area (TPSA) is 38.3 Å². The van der Waals surface area contributed by atoms with E-state index in [1.165, 1.54) is 0 Å². The molecule has 3 heteroatoms. The van der Waals surface area contributed by atoms with Gasteiger partial charge in [-0.25, -0.2) is 0 Å². The lowest BCUT2D eigenvalue weighted by atomic mass is 9.93. The molecule has 0 atom stereocenters. The highest BCUT2D eigenvalue weighted by Crippen LogP contribution is 2.19. The molecule has 0 spiro atoms. The summed E-state index contributed by atoms with van der Waals surface area (Å²) >= 11 is 0. The maximum atomic E-state index is 12.3. The van der Waals surface area contributed by atoms with E-state index in [1.807, 2.05) is 12.1 Å². The first-order valence-corrected chi connectivity index (χ1v) is 6.41. The second kappa shape index (κ2) is 6.43. The second-order valence-corrected chi connectivity index (χ2v) is 5.19. The van der Waals surface area contributed by atoms with Crippen molar-refractivity contribution in [1.29, 1.82) is 0 Å². The van der Waals surface area contributed by atoms with E-state index in [-0.39, 0.29) is 11.9 Å². The van der Waals surface area contributed by atoms with Gasteiger partial charge >= 0.3 is 0 Å². The highest BCUT2D eigenvalue weighted by molar-refractivity contribution is 5.97. The number of rotatable bonds is 5. The van der Waals surface area contributed by atoms with Crippen molar-refractivity contribution >= 4 is 5.91 Å². The minimum atomic E-state index is -0.0696. The number of nitrogens with one attached hydrogen (secondary N) is 1. The van der Waals surface area contributed by atoms with Crippen LogP contribution in [0.25, 0.3) is 0 Å². The number of hydrogen-bond acceptors (Lipinski definition) is 2. The standard InChI is InChI=1S/C15H23NO2/c1-10(2)14(11(3)4)16-15(17)12-8-6-7-9-13(12)18-5/h6-11,14H,1-5H3,(H,16,17). The van der Waals surface area contributed by atoms with Crippen molar-refractivity contribution in [3.63, 3.8) is 0 Å². The molecule has 1 N–H and O–H groups in total. The van der Waals surface area contributed by atoms with Gasteiger partial charge in [-0.2, -0.15) is 0 Å². The quantitative estimate of drug-likeness (QED) is 0.870. The number of methoxy groups -OCH3 is 1. The first kappa shape index (κ1) is 14.6. The van der Waals surface area contributed by atoms with E-state index < -0.39 is 0 Å². The zero-order valence-corrected chi connectivity index (χ0v) is 11.9. The second-order valence-electron chi connectivity index (χ2n) is 5.19. The lowest BCUT2D eigenvalue weighted by Crippen LogP contribution is -2.42. The van der Waals surface area contributed by atoms with Crippen LogP contribution in [0.5, 0.6) is 5.75 Å². The van der Waals surface area contributed by atoms with Gasteiger partial charge in [0.05, 0.1) is 12.7 Å². The maximum Gasteiger partial charge on any atom is 0.255 e. The van der Waals surface area contributed by atoms with Crippen LogP contribution >= 0.6 is 0 Å². The molecule has 0 aliphatic carbocycles. The van der Waals surface area contributed by atoms with Crippen LogP contribution in [0.4, 0.5) is 0 Å². The number of hydrogen-bond donors (Lipinski definition) is 1. The van der Waals surface area contributed by atoms with Gasteiger partial charge in [-0.3, -0.25) is 4.79 Å². The van der Waals surface area contributed by atoms with Crippen LogP contribution in [0.1, 0.15) is 38.1 Å². The Hall–Kier alpha value is -1.51. The van der Waals surface area contributed by atoms with E-state index in [1.54, 1.807) is 19.2 Å². The summed E-state index contributed by atoms with van der Waals surface area (Å²) < 4.78 is 5.21. The first-order valence-electron chi connectivity index (χ1n) is 6.41. The summed E-state index contributed by atoms with van der Waals surface area (Å²) in [5, 5.41) is 3.09. The average Bonchev–Trinajstić information content (AvgIpc) is 2.34. The lowest BCUT2D eigenvalue weighted by molar-refractivity contribution is 0.0907. The van der Waals surface area contributed by atoms with Crippen LogP contribution in [0.2, 0.25) is 0 Å². The van der Waals surface area contributed by atoms with Gasteiger partial charge in [-0.05, 0) is 24.0 Å². The molecule has 0 aromatic heterocycles.